The lowest BCUT2D eigenvalue weighted by Crippen LogP contribution is -2.52. The van der Waals surface area contributed by atoms with E-state index < -0.39 is 28.5 Å². The number of halogens is 2. The highest BCUT2D eigenvalue weighted by Gasteiger charge is 2.31. The molecule has 0 aliphatic heterocycles. The molecule has 198 valence electrons. The first-order chi connectivity index (χ1) is 16.9. The van der Waals surface area contributed by atoms with Gasteiger partial charge >= 0.3 is 0 Å². The van der Waals surface area contributed by atoms with Gasteiger partial charge in [0.1, 0.15) is 12.6 Å². The Labute approximate surface area is 224 Å². The number of nitrogens with zero attached hydrogens (tertiary/aromatic N) is 2. The minimum atomic E-state index is -3.78. The molecule has 0 aliphatic rings. The van der Waals surface area contributed by atoms with Crippen LogP contribution >= 0.6 is 23.2 Å². The van der Waals surface area contributed by atoms with Gasteiger partial charge < -0.3 is 10.2 Å². The van der Waals surface area contributed by atoms with E-state index in [9.17, 15) is 18.0 Å². The molecule has 0 aliphatic carbocycles. The number of hydrogen-bond donors (Lipinski definition) is 1. The molecule has 0 radical (unpaired) electrons. The summed E-state index contributed by atoms with van der Waals surface area (Å²) < 4.78 is 26.5. The van der Waals surface area contributed by atoms with Crippen LogP contribution in [0.5, 0.6) is 0 Å². The first-order valence-electron chi connectivity index (χ1n) is 12.0. The van der Waals surface area contributed by atoms with E-state index in [0.29, 0.717) is 34.3 Å². The molecule has 0 fully saturated rings. The molecule has 0 saturated heterocycles. The standard InChI is InChI=1S/C26H35Cl2N3O4S/c1-6-14-29-26(33)24(7-2)30(16-19-8-13-22(27)23(28)15-19)25(32)17-31(36(5,34)35)21-11-9-20(10-12-21)18(3)4/h8-13,15,18,24H,6-7,14,16-17H2,1-5H3,(H,29,33)/t24-/m0/s1. The zero-order chi connectivity index (χ0) is 27.0. The molecule has 1 N–H and O–H groups in total. The summed E-state index contributed by atoms with van der Waals surface area (Å²) in [4.78, 5) is 28.0. The monoisotopic (exact) mass is 555 g/mol. The van der Waals surface area contributed by atoms with E-state index in [2.05, 4.69) is 5.32 Å². The predicted octanol–water partition coefficient (Wildman–Crippen LogP) is 5.22. The van der Waals surface area contributed by atoms with Gasteiger partial charge in [0, 0.05) is 13.1 Å². The molecule has 7 nitrogen and oxygen atoms in total. The van der Waals surface area contributed by atoms with Crippen LogP contribution in [-0.4, -0.2) is 50.5 Å². The Morgan fingerprint density at radius 2 is 1.64 bits per heavy atom. The Bertz CT molecular complexity index is 1150. The zero-order valence-electron chi connectivity index (χ0n) is 21.4. The number of sulfonamides is 1. The number of amides is 2. The van der Waals surface area contributed by atoms with E-state index >= 15 is 0 Å². The Hall–Kier alpha value is -2.29. The first-order valence-corrected chi connectivity index (χ1v) is 14.6. The number of hydrogen-bond acceptors (Lipinski definition) is 4. The minimum absolute atomic E-state index is 0.0671. The van der Waals surface area contributed by atoms with Gasteiger partial charge in [0.15, 0.2) is 0 Å². The number of anilines is 1. The maximum Gasteiger partial charge on any atom is 0.244 e. The fourth-order valence-electron chi connectivity index (χ4n) is 3.76. The number of benzene rings is 2. The Morgan fingerprint density at radius 3 is 2.14 bits per heavy atom. The molecule has 0 bridgehead atoms. The first kappa shape index (κ1) is 29.9. The molecular formula is C26H35Cl2N3O4S. The second kappa shape index (κ2) is 13.3. The van der Waals surface area contributed by atoms with Gasteiger partial charge in [-0.15, -0.1) is 0 Å². The molecule has 0 spiro atoms. The van der Waals surface area contributed by atoms with Crippen molar-refractivity contribution in [2.75, 3.05) is 23.7 Å². The van der Waals surface area contributed by atoms with Crippen LogP contribution in [0.3, 0.4) is 0 Å². The van der Waals surface area contributed by atoms with Gasteiger partial charge in [0.05, 0.1) is 22.0 Å². The summed E-state index contributed by atoms with van der Waals surface area (Å²) in [5, 5.41) is 3.55. The molecule has 1 atom stereocenters. The highest BCUT2D eigenvalue weighted by atomic mass is 35.5. The third-order valence-electron chi connectivity index (χ3n) is 5.80. The van der Waals surface area contributed by atoms with E-state index in [1.807, 2.05) is 39.8 Å². The van der Waals surface area contributed by atoms with Crippen LogP contribution in [0.1, 0.15) is 57.6 Å². The van der Waals surface area contributed by atoms with E-state index in [1.165, 1.54) is 4.90 Å². The van der Waals surface area contributed by atoms with Crippen molar-refractivity contribution in [3.8, 4) is 0 Å². The predicted molar refractivity (Wildman–Crippen MR) is 147 cm³/mol. The molecule has 2 rings (SSSR count). The van der Waals surface area contributed by atoms with Crippen molar-refractivity contribution in [3.63, 3.8) is 0 Å². The quantitative estimate of drug-likeness (QED) is 0.389. The molecule has 2 aromatic carbocycles. The molecule has 2 amide bonds. The average Bonchev–Trinajstić information content (AvgIpc) is 2.82. The van der Waals surface area contributed by atoms with Crippen molar-refractivity contribution in [1.82, 2.24) is 10.2 Å². The van der Waals surface area contributed by atoms with Crippen molar-refractivity contribution >= 4 is 50.7 Å². The van der Waals surface area contributed by atoms with Gasteiger partial charge in [-0.2, -0.15) is 0 Å². The van der Waals surface area contributed by atoms with E-state index in [0.717, 1.165) is 22.5 Å². The molecule has 0 unspecified atom stereocenters. The maximum absolute atomic E-state index is 13.7. The Kier molecular flexibility index (Phi) is 11.1. The van der Waals surface area contributed by atoms with Crippen molar-refractivity contribution in [2.45, 2.75) is 59.0 Å². The van der Waals surface area contributed by atoms with Gasteiger partial charge in [0.25, 0.3) is 0 Å². The fourth-order valence-corrected chi connectivity index (χ4v) is 4.93. The molecule has 0 aromatic heterocycles. The zero-order valence-corrected chi connectivity index (χ0v) is 23.8. The number of carbonyl (C=O) groups excluding carboxylic acids is 2. The van der Waals surface area contributed by atoms with Crippen LogP contribution < -0.4 is 9.62 Å². The molecule has 2 aromatic rings. The second-order valence-electron chi connectivity index (χ2n) is 9.00. The molecule has 0 heterocycles. The summed E-state index contributed by atoms with van der Waals surface area (Å²) >= 11 is 12.2. The summed E-state index contributed by atoms with van der Waals surface area (Å²) in [5.74, 6) is -0.515. The van der Waals surface area contributed by atoms with Crippen molar-refractivity contribution in [1.29, 1.82) is 0 Å². The smallest absolute Gasteiger partial charge is 0.244 e. The third-order valence-corrected chi connectivity index (χ3v) is 7.68. The van der Waals surface area contributed by atoms with E-state index in [4.69, 9.17) is 23.2 Å². The van der Waals surface area contributed by atoms with E-state index in [-0.39, 0.29) is 18.4 Å². The minimum Gasteiger partial charge on any atom is -0.354 e. The number of rotatable bonds is 12. The SMILES string of the molecule is CCCNC(=O)[C@H](CC)N(Cc1ccc(Cl)c(Cl)c1)C(=O)CN(c1ccc(C(C)C)cc1)S(C)(=O)=O. The highest BCUT2D eigenvalue weighted by Crippen LogP contribution is 2.25. The lowest BCUT2D eigenvalue weighted by atomic mass is 10.0. The number of carbonyl (C=O) groups is 2. The van der Waals surface area contributed by atoms with Gasteiger partial charge in [0.2, 0.25) is 21.8 Å². The Balaban J connectivity index is 2.44. The van der Waals surface area contributed by atoms with Crippen LogP contribution in [0.4, 0.5) is 5.69 Å². The van der Waals surface area contributed by atoms with Gasteiger partial charge in [-0.1, -0.05) is 69.1 Å². The van der Waals surface area contributed by atoms with Crippen LogP contribution in [0.15, 0.2) is 42.5 Å². The van der Waals surface area contributed by atoms with E-state index in [1.54, 1.807) is 30.3 Å². The largest absolute Gasteiger partial charge is 0.354 e. The summed E-state index contributed by atoms with van der Waals surface area (Å²) in [6, 6.07) is 11.3. The highest BCUT2D eigenvalue weighted by molar-refractivity contribution is 7.92. The van der Waals surface area contributed by atoms with Crippen molar-refractivity contribution in [3.05, 3.63) is 63.6 Å². The molecule has 0 saturated carbocycles. The van der Waals surface area contributed by atoms with Crippen molar-refractivity contribution < 1.29 is 18.0 Å². The number of nitrogens with one attached hydrogen (secondary N) is 1. The third kappa shape index (κ3) is 8.11. The molecule has 36 heavy (non-hydrogen) atoms. The van der Waals surface area contributed by atoms with Crippen LogP contribution in [0, 0.1) is 0 Å². The average molecular weight is 557 g/mol. The lowest BCUT2D eigenvalue weighted by molar-refractivity contribution is -0.140. The van der Waals surface area contributed by atoms with Gasteiger partial charge in [-0.3, -0.25) is 13.9 Å². The van der Waals surface area contributed by atoms with Gasteiger partial charge in [-0.25, -0.2) is 8.42 Å². The van der Waals surface area contributed by atoms with Crippen LogP contribution in [0.25, 0.3) is 0 Å². The molecular weight excluding hydrogens is 521 g/mol. The Morgan fingerprint density at radius 1 is 1.00 bits per heavy atom. The summed E-state index contributed by atoms with van der Waals surface area (Å²) in [6.07, 6.45) is 2.16. The van der Waals surface area contributed by atoms with Gasteiger partial charge in [-0.05, 0) is 54.2 Å². The summed E-state index contributed by atoms with van der Waals surface area (Å²) in [6.45, 7) is 7.93. The van der Waals surface area contributed by atoms with Crippen molar-refractivity contribution in [2.24, 2.45) is 0 Å². The summed E-state index contributed by atoms with van der Waals surface area (Å²) in [5.41, 5.74) is 2.11. The maximum atomic E-state index is 13.7. The molecule has 10 heteroatoms. The summed E-state index contributed by atoms with van der Waals surface area (Å²) in [7, 11) is -3.78. The van der Waals surface area contributed by atoms with Crippen LogP contribution in [0.2, 0.25) is 10.0 Å². The topological polar surface area (TPSA) is 86.8 Å². The second-order valence-corrected chi connectivity index (χ2v) is 11.7. The lowest BCUT2D eigenvalue weighted by Gasteiger charge is -2.33. The normalized spacial score (nSPS) is 12.3. The fraction of sp³-hybridized carbons (Fsp3) is 0.462. The van der Waals surface area contributed by atoms with Crippen LogP contribution in [-0.2, 0) is 26.2 Å².